The molecule has 3 saturated carbocycles. The Balaban J connectivity index is 1.94. The zero-order valence-electron chi connectivity index (χ0n) is 9.40. The third-order valence-electron chi connectivity index (χ3n) is 5.30. The van der Waals surface area contributed by atoms with E-state index in [-0.39, 0.29) is 18.3 Å². The summed E-state index contributed by atoms with van der Waals surface area (Å²) in [6, 6.07) is 0. The molecule has 0 heterocycles. The first kappa shape index (κ1) is 11.4. The van der Waals surface area contributed by atoms with Gasteiger partial charge in [0.1, 0.15) is 5.60 Å². The van der Waals surface area contributed by atoms with Gasteiger partial charge in [-0.05, 0) is 49.4 Å². The molecule has 5 unspecified atom stereocenters. The minimum absolute atomic E-state index is 0.0435. The molecular formula is C12H16F2O3. The molecule has 0 amide bonds. The van der Waals surface area contributed by atoms with Gasteiger partial charge in [0.15, 0.2) is 0 Å². The van der Waals surface area contributed by atoms with Crippen LogP contribution in [0.5, 0.6) is 0 Å². The summed E-state index contributed by atoms with van der Waals surface area (Å²) in [5.41, 5.74) is -2.31. The number of aliphatic hydroxyl groups is 1. The molecule has 0 radical (unpaired) electrons. The highest BCUT2D eigenvalue weighted by Crippen LogP contribution is 2.65. The van der Waals surface area contributed by atoms with Crippen molar-refractivity contribution in [1.29, 1.82) is 0 Å². The van der Waals surface area contributed by atoms with Gasteiger partial charge in [-0.3, -0.25) is 0 Å². The maximum absolute atomic E-state index is 13.7. The lowest BCUT2D eigenvalue weighted by molar-refractivity contribution is -0.228. The zero-order chi connectivity index (χ0) is 12.4. The highest BCUT2D eigenvalue weighted by Gasteiger charge is 2.71. The first-order valence-corrected chi connectivity index (χ1v) is 6.21. The number of hydrogen-bond donors (Lipinski definition) is 2. The van der Waals surface area contributed by atoms with E-state index in [0.717, 1.165) is 19.3 Å². The number of rotatable bonds is 2. The van der Waals surface area contributed by atoms with E-state index in [2.05, 4.69) is 0 Å². The van der Waals surface area contributed by atoms with Crippen molar-refractivity contribution in [3.05, 3.63) is 0 Å². The van der Waals surface area contributed by atoms with Crippen molar-refractivity contribution < 1.29 is 23.8 Å². The fourth-order valence-corrected chi connectivity index (χ4v) is 4.66. The number of aliphatic carboxylic acids is 1. The quantitative estimate of drug-likeness (QED) is 0.782. The minimum atomic E-state index is -4.01. The van der Waals surface area contributed by atoms with Gasteiger partial charge in [0.05, 0.1) is 0 Å². The van der Waals surface area contributed by atoms with Crippen LogP contribution in [0, 0.1) is 23.7 Å². The third-order valence-corrected chi connectivity index (χ3v) is 5.30. The molecule has 3 nitrogen and oxygen atoms in total. The van der Waals surface area contributed by atoms with Crippen molar-refractivity contribution >= 4 is 5.97 Å². The van der Waals surface area contributed by atoms with Crippen LogP contribution < -0.4 is 0 Å². The highest BCUT2D eigenvalue weighted by atomic mass is 19.3. The monoisotopic (exact) mass is 246 g/mol. The van der Waals surface area contributed by atoms with Gasteiger partial charge in [-0.15, -0.1) is 0 Å². The van der Waals surface area contributed by atoms with Gasteiger partial charge in [0, 0.05) is 0 Å². The Bertz CT molecular complexity index is 371. The first-order valence-electron chi connectivity index (χ1n) is 6.21. The molecule has 0 aromatic carbocycles. The highest BCUT2D eigenvalue weighted by molar-refractivity contribution is 5.77. The number of hydrogen-bond acceptors (Lipinski definition) is 2. The maximum Gasteiger partial charge on any atom is 0.377 e. The van der Waals surface area contributed by atoms with Gasteiger partial charge in [0.25, 0.3) is 0 Å². The number of fused-ring (bicyclic) bond motifs is 5. The van der Waals surface area contributed by atoms with Crippen molar-refractivity contribution in [3.8, 4) is 0 Å². The van der Waals surface area contributed by atoms with Gasteiger partial charge < -0.3 is 10.2 Å². The average Bonchev–Trinajstić information content (AvgIpc) is 2.86. The Labute approximate surface area is 97.8 Å². The van der Waals surface area contributed by atoms with Crippen molar-refractivity contribution in [3.63, 3.8) is 0 Å². The lowest BCUT2D eigenvalue weighted by atomic mass is 9.70. The maximum atomic E-state index is 13.7. The predicted molar refractivity (Wildman–Crippen MR) is 54.6 cm³/mol. The molecule has 17 heavy (non-hydrogen) atoms. The summed E-state index contributed by atoms with van der Waals surface area (Å²) in [5, 5.41) is 18.8. The molecule has 3 rings (SSSR count). The standard InChI is InChI=1S/C12H16F2O3/c13-12(14,10(15)16)11(17)5-6-4-9(11)8-3-1-2-7(6)8/h6-9,17H,1-5H2,(H,15,16). The van der Waals surface area contributed by atoms with E-state index in [1.165, 1.54) is 0 Å². The van der Waals surface area contributed by atoms with Crippen LogP contribution in [-0.2, 0) is 4.79 Å². The Morgan fingerprint density at radius 2 is 1.94 bits per heavy atom. The van der Waals surface area contributed by atoms with E-state index in [0.29, 0.717) is 12.3 Å². The molecule has 2 N–H and O–H groups in total. The van der Waals surface area contributed by atoms with E-state index in [1.54, 1.807) is 0 Å². The van der Waals surface area contributed by atoms with Gasteiger partial charge in [-0.2, -0.15) is 8.78 Å². The van der Waals surface area contributed by atoms with Crippen molar-refractivity contribution in [2.75, 3.05) is 0 Å². The van der Waals surface area contributed by atoms with Gasteiger partial charge in [0.2, 0.25) is 0 Å². The third kappa shape index (κ3) is 1.21. The largest absolute Gasteiger partial charge is 0.477 e. The number of alkyl halides is 2. The van der Waals surface area contributed by atoms with E-state index < -0.39 is 23.4 Å². The second kappa shape index (κ2) is 3.19. The van der Waals surface area contributed by atoms with Crippen LogP contribution in [0.3, 0.4) is 0 Å². The normalized spacial score (nSPS) is 48.4. The summed E-state index contributed by atoms with van der Waals surface area (Å²) >= 11 is 0. The number of carboxylic acids is 1. The summed E-state index contributed by atoms with van der Waals surface area (Å²) in [4.78, 5) is 10.7. The molecule has 0 aromatic heterocycles. The summed E-state index contributed by atoms with van der Waals surface area (Å²) < 4.78 is 27.4. The van der Waals surface area contributed by atoms with E-state index in [9.17, 15) is 18.7 Å². The SMILES string of the molecule is O=C(O)C(F)(F)C1(O)CC2CC1C1CCCC21. The Hall–Kier alpha value is -0.710. The fraction of sp³-hybridized carbons (Fsp3) is 0.917. The van der Waals surface area contributed by atoms with Gasteiger partial charge in [-0.25, -0.2) is 4.79 Å². The molecule has 3 aliphatic rings. The summed E-state index contributed by atoms with van der Waals surface area (Å²) in [5.74, 6) is -6.07. The molecule has 5 heteroatoms. The summed E-state index contributed by atoms with van der Waals surface area (Å²) in [6.07, 6.45) is 3.48. The number of carbonyl (C=O) groups is 1. The fourth-order valence-electron chi connectivity index (χ4n) is 4.66. The Kier molecular flexibility index (Phi) is 2.14. The minimum Gasteiger partial charge on any atom is -0.477 e. The van der Waals surface area contributed by atoms with Crippen LogP contribution in [0.1, 0.15) is 32.1 Å². The lowest BCUT2D eigenvalue weighted by Crippen LogP contribution is -2.58. The molecule has 0 aromatic rings. The topological polar surface area (TPSA) is 57.5 Å². The average molecular weight is 246 g/mol. The van der Waals surface area contributed by atoms with Crippen LogP contribution in [0.4, 0.5) is 8.78 Å². The molecule has 0 aliphatic heterocycles. The molecule has 0 saturated heterocycles. The van der Waals surface area contributed by atoms with E-state index in [1.807, 2.05) is 0 Å². The summed E-state index contributed by atoms with van der Waals surface area (Å²) in [6.45, 7) is 0. The molecule has 5 atom stereocenters. The van der Waals surface area contributed by atoms with Crippen LogP contribution in [0.15, 0.2) is 0 Å². The predicted octanol–water partition coefficient (Wildman–Crippen LogP) is 1.89. The van der Waals surface area contributed by atoms with Crippen molar-refractivity contribution in [2.24, 2.45) is 23.7 Å². The Morgan fingerprint density at radius 3 is 2.59 bits per heavy atom. The Morgan fingerprint density at radius 1 is 1.29 bits per heavy atom. The van der Waals surface area contributed by atoms with E-state index in [4.69, 9.17) is 5.11 Å². The summed E-state index contributed by atoms with van der Waals surface area (Å²) in [7, 11) is 0. The van der Waals surface area contributed by atoms with Crippen LogP contribution in [0.2, 0.25) is 0 Å². The second-order valence-electron chi connectivity index (χ2n) is 5.87. The van der Waals surface area contributed by atoms with Gasteiger partial charge in [-0.1, -0.05) is 6.42 Å². The van der Waals surface area contributed by atoms with Gasteiger partial charge >= 0.3 is 11.9 Å². The number of halogens is 2. The van der Waals surface area contributed by atoms with Crippen molar-refractivity contribution in [1.82, 2.24) is 0 Å². The lowest BCUT2D eigenvalue weighted by Gasteiger charge is -2.41. The van der Waals surface area contributed by atoms with Crippen LogP contribution in [-0.4, -0.2) is 27.7 Å². The second-order valence-corrected chi connectivity index (χ2v) is 5.87. The molecular weight excluding hydrogens is 230 g/mol. The molecule has 3 aliphatic carbocycles. The number of carboxylic acid groups (broad SMARTS) is 1. The molecule has 0 spiro atoms. The smallest absolute Gasteiger partial charge is 0.377 e. The van der Waals surface area contributed by atoms with Crippen LogP contribution >= 0.6 is 0 Å². The van der Waals surface area contributed by atoms with Crippen molar-refractivity contribution in [2.45, 2.75) is 43.6 Å². The van der Waals surface area contributed by atoms with Crippen LogP contribution in [0.25, 0.3) is 0 Å². The molecule has 3 fully saturated rings. The van der Waals surface area contributed by atoms with E-state index >= 15 is 0 Å². The molecule has 2 bridgehead atoms. The first-order chi connectivity index (χ1) is 7.88. The zero-order valence-corrected chi connectivity index (χ0v) is 9.40. The molecule has 96 valence electrons.